The molecule has 0 radical (unpaired) electrons. The molecule has 0 fully saturated rings. The lowest BCUT2D eigenvalue weighted by Gasteiger charge is -2.17. The minimum absolute atomic E-state index is 0.608. The Hall–Kier alpha value is -1.97. The van der Waals surface area contributed by atoms with Gasteiger partial charge in [0.1, 0.15) is 0 Å². The van der Waals surface area contributed by atoms with Gasteiger partial charge in [0, 0.05) is 29.9 Å². The molecule has 1 N–H and O–H groups in total. The molecule has 4 nitrogen and oxygen atoms in total. The monoisotopic (exact) mass is 288 g/mol. The summed E-state index contributed by atoms with van der Waals surface area (Å²) in [6.45, 7) is 9.39. The van der Waals surface area contributed by atoms with E-state index in [4.69, 9.17) is 14.5 Å². The highest BCUT2D eigenvalue weighted by Gasteiger charge is 2.14. The zero-order valence-corrected chi connectivity index (χ0v) is 13.5. The van der Waals surface area contributed by atoms with Crippen LogP contribution in [0, 0.1) is 6.92 Å². The highest BCUT2D eigenvalue weighted by Crippen LogP contribution is 2.37. The summed E-state index contributed by atoms with van der Waals surface area (Å²) in [5, 5.41) is 4.37. The van der Waals surface area contributed by atoms with Crippen LogP contribution < -0.4 is 14.8 Å². The molecule has 0 bridgehead atoms. The first-order valence-corrected chi connectivity index (χ1v) is 7.56. The van der Waals surface area contributed by atoms with Gasteiger partial charge in [0.05, 0.1) is 18.7 Å². The first-order chi connectivity index (χ1) is 10.2. The van der Waals surface area contributed by atoms with Crippen LogP contribution in [-0.2, 0) is 6.42 Å². The lowest BCUT2D eigenvalue weighted by atomic mass is 10.0. The van der Waals surface area contributed by atoms with Gasteiger partial charge >= 0.3 is 0 Å². The van der Waals surface area contributed by atoms with Crippen LogP contribution in [0.15, 0.2) is 12.1 Å². The molecule has 1 heterocycles. The second kappa shape index (κ2) is 6.66. The summed E-state index contributed by atoms with van der Waals surface area (Å²) in [4.78, 5) is 4.77. The number of aryl methyl sites for hydroxylation is 1. The fourth-order valence-electron chi connectivity index (χ4n) is 2.62. The average Bonchev–Trinajstić information content (AvgIpc) is 2.48. The van der Waals surface area contributed by atoms with E-state index in [-0.39, 0.29) is 0 Å². The van der Waals surface area contributed by atoms with E-state index in [9.17, 15) is 0 Å². The van der Waals surface area contributed by atoms with Gasteiger partial charge in [0.15, 0.2) is 11.5 Å². The second-order valence-corrected chi connectivity index (χ2v) is 4.84. The van der Waals surface area contributed by atoms with Gasteiger partial charge in [-0.2, -0.15) is 0 Å². The SMILES string of the molecule is CCOc1cc2nc(CC)c(C)c(NC)c2cc1OCC. The van der Waals surface area contributed by atoms with Gasteiger partial charge in [0.25, 0.3) is 0 Å². The molecule has 2 aromatic rings. The molecule has 0 atom stereocenters. The fraction of sp³-hybridized carbons (Fsp3) is 0.471. The molecule has 0 aliphatic heterocycles. The minimum Gasteiger partial charge on any atom is -0.490 e. The Balaban J connectivity index is 2.73. The minimum atomic E-state index is 0.608. The number of fused-ring (bicyclic) bond motifs is 1. The van der Waals surface area contributed by atoms with Crippen molar-refractivity contribution in [1.82, 2.24) is 4.98 Å². The summed E-state index contributed by atoms with van der Waals surface area (Å²) < 4.78 is 11.4. The van der Waals surface area contributed by atoms with Gasteiger partial charge in [-0.25, -0.2) is 0 Å². The van der Waals surface area contributed by atoms with E-state index in [2.05, 4.69) is 19.2 Å². The quantitative estimate of drug-likeness (QED) is 0.874. The normalized spacial score (nSPS) is 10.7. The van der Waals surface area contributed by atoms with E-state index in [0.29, 0.717) is 13.2 Å². The molecule has 0 saturated carbocycles. The van der Waals surface area contributed by atoms with E-state index in [1.54, 1.807) is 0 Å². The lowest BCUT2D eigenvalue weighted by molar-refractivity contribution is 0.288. The third kappa shape index (κ3) is 2.89. The van der Waals surface area contributed by atoms with Crippen molar-refractivity contribution in [3.05, 3.63) is 23.4 Å². The van der Waals surface area contributed by atoms with E-state index < -0.39 is 0 Å². The second-order valence-electron chi connectivity index (χ2n) is 4.84. The van der Waals surface area contributed by atoms with E-state index in [0.717, 1.165) is 40.2 Å². The number of rotatable bonds is 6. The Labute approximate surface area is 126 Å². The molecule has 1 aromatic heterocycles. The molecule has 0 amide bonds. The topological polar surface area (TPSA) is 43.4 Å². The summed E-state index contributed by atoms with van der Waals surface area (Å²) in [5.74, 6) is 1.53. The number of ether oxygens (including phenoxy) is 2. The predicted molar refractivity (Wildman–Crippen MR) is 87.7 cm³/mol. The van der Waals surface area contributed by atoms with Crippen LogP contribution in [0.25, 0.3) is 10.9 Å². The van der Waals surface area contributed by atoms with Crippen molar-refractivity contribution in [1.29, 1.82) is 0 Å². The summed E-state index contributed by atoms with van der Waals surface area (Å²) in [7, 11) is 1.94. The highest BCUT2D eigenvalue weighted by atomic mass is 16.5. The number of benzene rings is 1. The van der Waals surface area contributed by atoms with Gasteiger partial charge < -0.3 is 14.8 Å². The molecular weight excluding hydrogens is 264 g/mol. The van der Waals surface area contributed by atoms with Crippen molar-refractivity contribution < 1.29 is 9.47 Å². The lowest BCUT2D eigenvalue weighted by Crippen LogP contribution is -2.03. The standard InChI is InChI=1S/C17H24N2O2/c1-6-13-11(4)17(18-5)12-9-15(20-7-2)16(21-8-3)10-14(12)19-13/h9-10H,6-8H2,1-5H3,(H,18,19). The van der Waals surface area contributed by atoms with Crippen LogP contribution in [0.2, 0.25) is 0 Å². The molecule has 0 saturated heterocycles. The maximum Gasteiger partial charge on any atom is 0.163 e. The van der Waals surface area contributed by atoms with Crippen molar-refractivity contribution in [3.8, 4) is 11.5 Å². The fourth-order valence-corrected chi connectivity index (χ4v) is 2.62. The smallest absolute Gasteiger partial charge is 0.163 e. The molecular formula is C17H24N2O2. The van der Waals surface area contributed by atoms with Crippen LogP contribution in [0.5, 0.6) is 11.5 Å². The van der Waals surface area contributed by atoms with Crippen molar-refractivity contribution in [2.45, 2.75) is 34.1 Å². The zero-order chi connectivity index (χ0) is 15.4. The maximum absolute atomic E-state index is 5.71. The Morgan fingerprint density at radius 3 is 2.19 bits per heavy atom. The Morgan fingerprint density at radius 1 is 1.05 bits per heavy atom. The molecule has 114 valence electrons. The Kier molecular flexibility index (Phi) is 4.89. The largest absolute Gasteiger partial charge is 0.490 e. The molecule has 0 aliphatic carbocycles. The molecule has 2 rings (SSSR count). The molecule has 0 aliphatic rings. The van der Waals surface area contributed by atoms with Crippen molar-refractivity contribution in [2.24, 2.45) is 0 Å². The molecule has 0 unspecified atom stereocenters. The maximum atomic E-state index is 5.71. The number of anilines is 1. The predicted octanol–water partition coefficient (Wildman–Crippen LogP) is 3.94. The number of aromatic nitrogens is 1. The number of pyridine rings is 1. The molecule has 4 heteroatoms. The van der Waals surface area contributed by atoms with Gasteiger partial charge in [-0.3, -0.25) is 4.98 Å². The average molecular weight is 288 g/mol. The summed E-state index contributed by atoms with van der Waals surface area (Å²) >= 11 is 0. The number of hydrogen-bond donors (Lipinski definition) is 1. The van der Waals surface area contributed by atoms with E-state index in [1.165, 1.54) is 5.56 Å². The van der Waals surface area contributed by atoms with Crippen LogP contribution in [0.3, 0.4) is 0 Å². The highest BCUT2D eigenvalue weighted by molar-refractivity contribution is 5.95. The molecule has 0 spiro atoms. The van der Waals surface area contributed by atoms with Gasteiger partial charge in [-0.1, -0.05) is 6.92 Å². The Bertz CT molecular complexity index is 638. The Morgan fingerprint density at radius 2 is 1.67 bits per heavy atom. The van der Waals surface area contributed by atoms with Crippen molar-refractivity contribution in [2.75, 3.05) is 25.6 Å². The molecule has 1 aromatic carbocycles. The summed E-state index contributed by atoms with van der Waals surface area (Å²) in [6.07, 6.45) is 0.910. The number of nitrogens with one attached hydrogen (secondary N) is 1. The first kappa shape index (κ1) is 15.4. The van der Waals surface area contributed by atoms with E-state index >= 15 is 0 Å². The van der Waals surface area contributed by atoms with Crippen molar-refractivity contribution >= 4 is 16.6 Å². The van der Waals surface area contributed by atoms with E-state index in [1.807, 2.05) is 33.0 Å². The molecule has 21 heavy (non-hydrogen) atoms. The number of nitrogens with zero attached hydrogens (tertiary/aromatic N) is 1. The van der Waals surface area contributed by atoms with Gasteiger partial charge in [-0.05, 0) is 38.8 Å². The number of hydrogen-bond acceptors (Lipinski definition) is 4. The zero-order valence-electron chi connectivity index (χ0n) is 13.5. The van der Waals surface area contributed by atoms with Crippen LogP contribution in [-0.4, -0.2) is 25.2 Å². The third-order valence-electron chi connectivity index (χ3n) is 3.58. The summed E-state index contributed by atoms with van der Waals surface area (Å²) in [5.41, 5.74) is 4.35. The van der Waals surface area contributed by atoms with Crippen LogP contribution in [0.4, 0.5) is 5.69 Å². The third-order valence-corrected chi connectivity index (χ3v) is 3.58. The van der Waals surface area contributed by atoms with Crippen molar-refractivity contribution in [3.63, 3.8) is 0 Å². The van der Waals surface area contributed by atoms with Crippen LogP contribution >= 0.6 is 0 Å². The first-order valence-electron chi connectivity index (χ1n) is 7.56. The van der Waals surface area contributed by atoms with Crippen LogP contribution in [0.1, 0.15) is 32.0 Å². The van der Waals surface area contributed by atoms with Gasteiger partial charge in [0.2, 0.25) is 0 Å². The summed E-state index contributed by atoms with van der Waals surface area (Å²) in [6, 6.07) is 4.00. The van der Waals surface area contributed by atoms with Gasteiger partial charge in [-0.15, -0.1) is 0 Å².